The third kappa shape index (κ3) is 5.70. The average Bonchev–Trinajstić information content (AvgIpc) is 2.24. The van der Waals surface area contributed by atoms with Crippen molar-refractivity contribution in [3.05, 3.63) is 36.4 Å². The van der Waals surface area contributed by atoms with E-state index in [0.717, 1.165) is 12.8 Å². The van der Waals surface area contributed by atoms with Gasteiger partial charge in [-0.25, -0.2) is 0 Å². The molecule has 1 rings (SSSR count). The fraction of sp³-hybridized carbons (Fsp3) is 0.250. The SMILES string of the molecule is C=C(CCC)C(N)=O.Oc1ccccc1O. The lowest BCUT2D eigenvalue weighted by Crippen LogP contribution is -2.12. The summed E-state index contributed by atoms with van der Waals surface area (Å²) in [4.78, 5) is 10.2. The zero-order valence-corrected chi connectivity index (χ0v) is 9.31. The lowest BCUT2D eigenvalue weighted by molar-refractivity contribution is -0.114. The highest BCUT2D eigenvalue weighted by atomic mass is 16.3. The molecule has 0 bridgehead atoms. The van der Waals surface area contributed by atoms with Crippen LogP contribution in [0.25, 0.3) is 0 Å². The lowest BCUT2D eigenvalue weighted by Gasteiger charge is -1.93. The molecule has 88 valence electrons. The number of carbonyl (C=O) groups excluding carboxylic acids is 1. The van der Waals surface area contributed by atoms with Crippen LogP contribution in [0.2, 0.25) is 0 Å². The first-order valence-corrected chi connectivity index (χ1v) is 4.93. The van der Waals surface area contributed by atoms with Crippen LogP contribution in [0.3, 0.4) is 0 Å². The van der Waals surface area contributed by atoms with E-state index in [1.165, 1.54) is 12.1 Å². The fourth-order valence-corrected chi connectivity index (χ4v) is 0.889. The van der Waals surface area contributed by atoms with E-state index in [1.807, 2.05) is 6.92 Å². The molecule has 0 fully saturated rings. The van der Waals surface area contributed by atoms with Gasteiger partial charge in [0.05, 0.1) is 0 Å². The topological polar surface area (TPSA) is 83.6 Å². The third-order valence-electron chi connectivity index (χ3n) is 1.78. The number of phenols is 2. The van der Waals surface area contributed by atoms with E-state index in [0.29, 0.717) is 5.57 Å². The van der Waals surface area contributed by atoms with Crippen molar-refractivity contribution in [2.45, 2.75) is 19.8 Å². The van der Waals surface area contributed by atoms with Gasteiger partial charge in [0.15, 0.2) is 11.5 Å². The Morgan fingerprint density at radius 2 is 1.75 bits per heavy atom. The van der Waals surface area contributed by atoms with Crippen molar-refractivity contribution in [1.82, 2.24) is 0 Å². The molecule has 4 nitrogen and oxygen atoms in total. The molecule has 0 spiro atoms. The van der Waals surface area contributed by atoms with Gasteiger partial charge in [0.25, 0.3) is 0 Å². The van der Waals surface area contributed by atoms with Crippen LogP contribution in [0.15, 0.2) is 36.4 Å². The maximum Gasteiger partial charge on any atom is 0.244 e. The molecule has 0 unspecified atom stereocenters. The Labute approximate surface area is 95.0 Å². The molecule has 0 aromatic heterocycles. The zero-order chi connectivity index (χ0) is 12.6. The van der Waals surface area contributed by atoms with E-state index in [-0.39, 0.29) is 17.4 Å². The van der Waals surface area contributed by atoms with Crippen LogP contribution in [-0.2, 0) is 4.79 Å². The number of benzene rings is 1. The van der Waals surface area contributed by atoms with E-state index in [4.69, 9.17) is 15.9 Å². The molecule has 0 aliphatic carbocycles. The minimum Gasteiger partial charge on any atom is -0.504 e. The summed E-state index contributed by atoms with van der Waals surface area (Å²) in [5, 5.41) is 17.3. The number of carbonyl (C=O) groups is 1. The molecular weight excluding hydrogens is 206 g/mol. The Morgan fingerprint density at radius 1 is 1.31 bits per heavy atom. The van der Waals surface area contributed by atoms with Gasteiger partial charge in [0, 0.05) is 5.57 Å². The molecule has 1 aromatic carbocycles. The highest BCUT2D eigenvalue weighted by Gasteiger charge is 1.96. The monoisotopic (exact) mass is 223 g/mol. The number of rotatable bonds is 3. The number of para-hydroxylation sites is 2. The second-order valence-corrected chi connectivity index (χ2v) is 3.21. The number of aromatic hydroxyl groups is 2. The first kappa shape index (κ1) is 14.0. The van der Waals surface area contributed by atoms with Gasteiger partial charge in [-0.1, -0.05) is 32.1 Å². The maximum absolute atomic E-state index is 10.2. The van der Waals surface area contributed by atoms with Crippen LogP contribution in [0.5, 0.6) is 11.5 Å². The molecule has 16 heavy (non-hydrogen) atoms. The zero-order valence-electron chi connectivity index (χ0n) is 9.31. The molecule has 0 heterocycles. The van der Waals surface area contributed by atoms with E-state index in [9.17, 15) is 4.79 Å². The quantitative estimate of drug-likeness (QED) is 0.540. The van der Waals surface area contributed by atoms with E-state index in [1.54, 1.807) is 12.1 Å². The predicted molar refractivity (Wildman–Crippen MR) is 63.0 cm³/mol. The Kier molecular flexibility index (Phi) is 6.43. The summed E-state index contributed by atoms with van der Waals surface area (Å²) in [5.74, 6) is -0.535. The normalized spacial score (nSPS) is 8.81. The number of amides is 1. The van der Waals surface area contributed by atoms with Crippen LogP contribution in [-0.4, -0.2) is 16.1 Å². The van der Waals surface area contributed by atoms with Gasteiger partial charge in [0.2, 0.25) is 5.91 Å². The van der Waals surface area contributed by atoms with Gasteiger partial charge in [-0.3, -0.25) is 4.79 Å². The molecule has 4 heteroatoms. The molecule has 0 saturated heterocycles. The minimum atomic E-state index is -0.383. The molecular formula is C12H17NO3. The summed E-state index contributed by atoms with van der Waals surface area (Å²) in [6.45, 7) is 5.45. The third-order valence-corrected chi connectivity index (χ3v) is 1.78. The molecule has 0 atom stereocenters. The van der Waals surface area contributed by atoms with Gasteiger partial charge in [0.1, 0.15) is 0 Å². The van der Waals surface area contributed by atoms with Crippen LogP contribution in [0, 0.1) is 0 Å². The Hall–Kier alpha value is -1.97. The Balaban J connectivity index is 0.000000281. The van der Waals surface area contributed by atoms with E-state index >= 15 is 0 Å². The number of primary amides is 1. The van der Waals surface area contributed by atoms with Crippen LogP contribution in [0.4, 0.5) is 0 Å². The summed E-state index contributed by atoms with van der Waals surface area (Å²) >= 11 is 0. The van der Waals surface area contributed by atoms with Crippen molar-refractivity contribution in [2.75, 3.05) is 0 Å². The number of hydrogen-bond donors (Lipinski definition) is 3. The van der Waals surface area contributed by atoms with Crippen molar-refractivity contribution in [3.63, 3.8) is 0 Å². The lowest BCUT2D eigenvalue weighted by atomic mass is 10.2. The van der Waals surface area contributed by atoms with Crippen LogP contribution < -0.4 is 5.73 Å². The summed E-state index contributed by atoms with van der Waals surface area (Å²) in [6.07, 6.45) is 1.65. The first-order chi connectivity index (χ1) is 7.49. The van der Waals surface area contributed by atoms with Crippen molar-refractivity contribution >= 4 is 5.91 Å². The van der Waals surface area contributed by atoms with Gasteiger partial charge in [-0.15, -0.1) is 0 Å². The molecule has 0 aliphatic rings. The second kappa shape index (κ2) is 7.34. The standard InChI is InChI=1S/C6H11NO.C6H6O2/c1-3-4-5(2)6(7)8;7-5-3-1-2-4-6(5)8/h2-4H2,1H3,(H2,7,8);1-4,7-8H. The van der Waals surface area contributed by atoms with Gasteiger partial charge in [-0.05, 0) is 18.6 Å². The number of hydrogen-bond acceptors (Lipinski definition) is 3. The predicted octanol–water partition coefficient (Wildman–Crippen LogP) is 1.93. The fourth-order valence-electron chi connectivity index (χ4n) is 0.889. The maximum atomic E-state index is 10.2. The van der Waals surface area contributed by atoms with Crippen LogP contribution in [0.1, 0.15) is 19.8 Å². The van der Waals surface area contributed by atoms with E-state index < -0.39 is 0 Å². The summed E-state index contributed by atoms with van der Waals surface area (Å²) in [6, 6.07) is 6.15. The van der Waals surface area contributed by atoms with Gasteiger partial charge >= 0.3 is 0 Å². The highest BCUT2D eigenvalue weighted by molar-refractivity contribution is 5.91. The molecule has 0 saturated carbocycles. The van der Waals surface area contributed by atoms with Crippen molar-refractivity contribution in [3.8, 4) is 11.5 Å². The van der Waals surface area contributed by atoms with Crippen LogP contribution >= 0.6 is 0 Å². The molecule has 4 N–H and O–H groups in total. The number of nitrogens with two attached hydrogens (primary N) is 1. The van der Waals surface area contributed by atoms with E-state index in [2.05, 4.69) is 6.58 Å². The summed E-state index contributed by atoms with van der Waals surface area (Å²) in [7, 11) is 0. The second-order valence-electron chi connectivity index (χ2n) is 3.21. The smallest absolute Gasteiger partial charge is 0.244 e. The average molecular weight is 223 g/mol. The van der Waals surface area contributed by atoms with Gasteiger partial charge < -0.3 is 15.9 Å². The molecule has 1 amide bonds. The summed E-state index contributed by atoms with van der Waals surface area (Å²) in [5.41, 5.74) is 5.40. The summed E-state index contributed by atoms with van der Waals surface area (Å²) < 4.78 is 0. The Morgan fingerprint density at radius 3 is 1.94 bits per heavy atom. The first-order valence-electron chi connectivity index (χ1n) is 4.93. The van der Waals surface area contributed by atoms with Crippen molar-refractivity contribution in [2.24, 2.45) is 5.73 Å². The highest BCUT2D eigenvalue weighted by Crippen LogP contribution is 2.21. The van der Waals surface area contributed by atoms with Crippen molar-refractivity contribution in [1.29, 1.82) is 0 Å². The largest absolute Gasteiger partial charge is 0.504 e. The molecule has 0 radical (unpaired) electrons. The van der Waals surface area contributed by atoms with Gasteiger partial charge in [-0.2, -0.15) is 0 Å². The number of phenolic OH excluding ortho intramolecular Hbond substituents is 2. The molecule has 0 aliphatic heterocycles. The van der Waals surface area contributed by atoms with Crippen molar-refractivity contribution < 1.29 is 15.0 Å². The minimum absolute atomic E-state index is 0.0764. The Bertz CT molecular complexity index is 340. The molecule has 1 aromatic rings.